The topological polar surface area (TPSA) is 71.2 Å². The van der Waals surface area contributed by atoms with Crippen molar-refractivity contribution in [2.45, 2.75) is 25.7 Å². The van der Waals surface area contributed by atoms with Crippen molar-refractivity contribution >= 4 is 17.4 Å². The maximum absolute atomic E-state index is 12.6. The van der Waals surface area contributed by atoms with Crippen LogP contribution in [-0.4, -0.2) is 30.5 Å². The summed E-state index contributed by atoms with van der Waals surface area (Å²) in [6.45, 7) is 2.54. The van der Waals surface area contributed by atoms with Gasteiger partial charge in [0.25, 0.3) is 5.91 Å². The molecule has 3 N–H and O–H groups in total. The first-order chi connectivity index (χ1) is 11.7. The van der Waals surface area contributed by atoms with Crippen LogP contribution in [0.1, 0.15) is 35.2 Å². The number of nitrogens with one attached hydrogen (secondary N) is 1. The lowest BCUT2D eigenvalue weighted by atomic mass is 10.1. The van der Waals surface area contributed by atoms with Gasteiger partial charge in [-0.25, -0.2) is 4.98 Å². The molecule has 1 aliphatic heterocycles. The van der Waals surface area contributed by atoms with E-state index >= 15 is 0 Å². The first-order valence-corrected chi connectivity index (χ1v) is 8.56. The molecule has 0 unspecified atom stereocenters. The van der Waals surface area contributed by atoms with Gasteiger partial charge in [0.15, 0.2) is 0 Å². The Balaban J connectivity index is 1.61. The molecule has 0 radical (unpaired) electrons. The van der Waals surface area contributed by atoms with Crippen molar-refractivity contribution < 1.29 is 4.79 Å². The summed E-state index contributed by atoms with van der Waals surface area (Å²) in [7, 11) is 0. The van der Waals surface area contributed by atoms with E-state index < -0.39 is 0 Å². The lowest BCUT2D eigenvalue weighted by molar-refractivity contribution is 0.0954. The van der Waals surface area contributed by atoms with Gasteiger partial charge in [0.05, 0.1) is 5.56 Å². The summed E-state index contributed by atoms with van der Waals surface area (Å²) in [4.78, 5) is 19.2. The van der Waals surface area contributed by atoms with Gasteiger partial charge in [-0.05, 0) is 55.5 Å². The molecule has 2 aromatic rings. The maximum Gasteiger partial charge on any atom is 0.255 e. The normalized spacial score (nSPS) is 14.4. The monoisotopic (exact) mass is 324 g/mol. The Morgan fingerprint density at radius 2 is 1.88 bits per heavy atom. The minimum absolute atomic E-state index is 0.0564. The minimum Gasteiger partial charge on any atom is -0.399 e. The number of rotatable bonds is 5. The summed E-state index contributed by atoms with van der Waals surface area (Å²) in [5.74, 6) is 0.751. The Kier molecular flexibility index (Phi) is 5.31. The fraction of sp³-hybridized carbons (Fsp3) is 0.368. The highest BCUT2D eigenvalue weighted by atomic mass is 16.1. The molecular weight excluding hydrogens is 300 g/mol. The standard InChI is InChI=1S/C19H24N4O/c20-16-8-6-15(7-9-16)10-12-22-19(24)17-5-4-11-21-18(17)23-13-2-1-3-14-23/h4-9,11H,1-3,10,12-14,20H2,(H,22,24). The van der Waals surface area contributed by atoms with Crippen molar-refractivity contribution in [1.82, 2.24) is 10.3 Å². The fourth-order valence-corrected chi connectivity index (χ4v) is 3.03. The molecule has 1 aliphatic rings. The minimum atomic E-state index is -0.0564. The quantitative estimate of drug-likeness (QED) is 0.830. The van der Waals surface area contributed by atoms with E-state index in [2.05, 4.69) is 15.2 Å². The third-order valence-corrected chi connectivity index (χ3v) is 4.37. The van der Waals surface area contributed by atoms with Crippen LogP contribution in [0.3, 0.4) is 0 Å². The molecule has 1 saturated heterocycles. The molecule has 126 valence electrons. The number of hydrogen-bond donors (Lipinski definition) is 2. The number of nitrogen functional groups attached to an aromatic ring is 1. The van der Waals surface area contributed by atoms with E-state index in [1.54, 1.807) is 6.20 Å². The Labute approximate surface area is 142 Å². The average molecular weight is 324 g/mol. The van der Waals surface area contributed by atoms with Crippen LogP contribution in [-0.2, 0) is 6.42 Å². The predicted molar refractivity (Wildman–Crippen MR) is 97.2 cm³/mol. The zero-order valence-corrected chi connectivity index (χ0v) is 13.9. The number of benzene rings is 1. The van der Waals surface area contributed by atoms with Crippen molar-refractivity contribution in [3.8, 4) is 0 Å². The zero-order chi connectivity index (χ0) is 16.8. The largest absolute Gasteiger partial charge is 0.399 e. The van der Waals surface area contributed by atoms with E-state index in [0.717, 1.165) is 49.4 Å². The fourth-order valence-electron chi connectivity index (χ4n) is 3.03. The molecule has 5 nitrogen and oxygen atoms in total. The molecule has 3 rings (SSSR count). The Bertz CT molecular complexity index is 678. The molecule has 1 aromatic heterocycles. The van der Waals surface area contributed by atoms with Crippen LogP contribution in [0.2, 0.25) is 0 Å². The van der Waals surface area contributed by atoms with Gasteiger partial charge in [-0.3, -0.25) is 4.79 Å². The SMILES string of the molecule is Nc1ccc(CCNC(=O)c2cccnc2N2CCCCC2)cc1. The van der Waals surface area contributed by atoms with Gasteiger partial charge in [0.1, 0.15) is 5.82 Å². The van der Waals surface area contributed by atoms with Crippen LogP contribution in [0, 0.1) is 0 Å². The van der Waals surface area contributed by atoms with Crippen LogP contribution < -0.4 is 16.0 Å². The average Bonchev–Trinajstić information content (AvgIpc) is 2.64. The van der Waals surface area contributed by atoms with Crippen LogP contribution in [0.5, 0.6) is 0 Å². The molecule has 0 spiro atoms. The van der Waals surface area contributed by atoms with Crippen molar-refractivity contribution in [2.75, 3.05) is 30.3 Å². The second-order valence-electron chi connectivity index (χ2n) is 6.17. The van der Waals surface area contributed by atoms with Crippen LogP contribution in [0.4, 0.5) is 11.5 Å². The summed E-state index contributed by atoms with van der Waals surface area (Å²) in [6, 6.07) is 11.4. The van der Waals surface area contributed by atoms with Crippen LogP contribution in [0.25, 0.3) is 0 Å². The van der Waals surface area contributed by atoms with Gasteiger partial charge in [-0.2, -0.15) is 0 Å². The molecule has 24 heavy (non-hydrogen) atoms. The highest BCUT2D eigenvalue weighted by Crippen LogP contribution is 2.21. The summed E-state index contributed by atoms with van der Waals surface area (Å²) in [5.41, 5.74) is 8.26. The van der Waals surface area contributed by atoms with Gasteiger partial charge >= 0.3 is 0 Å². The zero-order valence-electron chi connectivity index (χ0n) is 13.9. The number of nitrogens with zero attached hydrogens (tertiary/aromatic N) is 2. The number of carbonyl (C=O) groups is 1. The number of hydrogen-bond acceptors (Lipinski definition) is 4. The maximum atomic E-state index is 12.6. The van der Waals surface area contributed by atoms with Crippen molar-refractivity contribution in [2.24, 2.45) is 0 Å². The van der Waals surface area contributed by atoms with E-state index in [1.807, 2.05) is 36.4 Å². The smallest absolute Gasteiger partial charge is 0.255 e. The van der Waals surface area contributed by atoms with Crippen molar-refractivity contribution in [3.05, 3.63) is 53.7 Å². The number of amides is 1. The van der Waals surface area contributed by atoms with E-state index in [1.165, 1.54) is 6.42 Å². The number of aromatic nitrogens is 1. The lowest BCUT2D eigenvalue weighted by Gasteiger charge is -2.29. The molecule has 1 aromatic carbocycles. The Morgan fingerprint density at radius 3 is 2.62 bits per heavy atom. The van der Waals surface area contributed by atoms with E-state index in [4.69, 9.17) is 5.73 Å². The van der Waals surface area contributed by atoms with Gasteiger partial charge in [-0.1, -0.05) is 12.1 Å². The van der Waals surface area contributed by atoms with Crippen LogP contribution >= 0.6 is 0 Å². The summed E-state index contributed by atoms with van der Waals surface area (Å²) in [5, 5.41) is 3.00. The second-order valence-corrected chi connectivity index (χ2v) is 6.17. The summed E-state index contributed by atoms with van der Waals surface area (Å²) < 4.78 is 0. The third-order valence-electron chi connectivity index (χ3n) is 4.37. The Morgan fingerprint density at radius 1 is 1.12 bits per heavy atom. The van der Waals surface area contributed by atoms with Gasteiger partial charge in [-0.15, -0.1) is 0 Å². The molecule has 0 atom stereocenters. The number of nitrogens with two attached hydrogens (primary N) is 1. The van der Waals surface area contributed by atoms with Crippen LogP contribution in [0.15, 0.2) is 42.6 Å². The molecule has 5 heteroatoms. The molecule has 1 amide bonds. The number of piperidine rings is 1. The summed E-state index contributed by atoms with van der Waals surface area (Å²) >= 11 is 0. The first-order valence-electron chi connectivity index (χ1n) is 8.56. The molecular formula is C19H24N4O. The van der Waals surface area contributed by atoms with Gasteiger partial charge in [0.2, 0.25) is 0 Å². The van der Waals surface area contributed by atoms with E-state index in [-0.39, 0.29) is 5.91 Å². The molecule has 1 fully saturated rings. The van der Waals surface area contributed by atoms with Crippen molar-refractivity contribution in [1.29, 1.82) is 0 Å². The number of anilines is 2. The first kappa shape index (κ1) is 16.3. The van der Waals surface area contributed by atoms with Gasteiger partial charge in [0, 0.05) is 31.5 Å². The number of pyridine rings is 1. The molecule has 0 bridgehead atoms. The number of carbonyl (C=O) groups excluding carboxylic acids is 1. The predicted octanol–water partition coefficient (Wildman–Crippen LogP) is 2.63. The third kappa shape index (κ3) is 4.04. The highest BCUT2D eigenvalue weighted by Gasteiger charge is 2.19. The van der Waals surface area contributed by atoms with Gasteiger partial charge < -0.3 is 16.0 Å². The van der Waals surface area contributed by atoms with E-state index in [0.29, 0.717) is 12.1 Å². The Hall–Kier alpha value is -2.56. The molecule has 0 saturated carbocycles. The second kappa shape index (κ2) is 7.81. The highest BCUT2D eigenvalue weighted by molar-refractivity contribution is 5.98. The van der Waals surface area contributed by atoms with Crippen molar-refractivity contribution in [3.63, 3.8) is 0 Å². The molecule has 0 aliphatic carbocycles. The van der Waals surface area contributed by atoms with E-state index in [9.17, 15) is 4.79 Å². The summed E-state index contributed by atoms with van der Waals surface area (Å²) in [6.07, 6.45) is 6.12. The lowest BCUT2D eigenvalue weighted by Crippen LogP contribution is -2.34. The molecule has 2 heterocycles.